The number of rotatable bonds is 4. The van der Waals surface area contributed by atoms with Gasteiger partial charge in [-0.2, -0.15) is 0 Å². The van der Waals surface area contributed by atoms with E-state index in [4.69, 9.17) is 9.26 Å². The Morgan fingerprint density at radius 1 is 1.27 bits per heavy atom. The summed E-state index contributed by atoms with van der Waals surface area (Å²) in [6, 6.07) is 2.07. The predicted octanol–water partition coefficient (Wildman–Crippen LogP) is 1.38. The van der Waals surface area contributed by atoms with Crippen LogP contribution in [0.25, 0.3) is 0 Å². The molecule has 1 aromatic rings. The zero-order chi connectivity index (χ0) is 14.9. The summed E-state index contributed by atoms with van der Waals surface area (Å²) in [5, 5.41) is 4.17. The van der Waals surface area contributed by atoms with Gasteiger partial charge in [-0.25, -0.2) is 0 Å². The standard InChI is InChI=1S/C16H23N3O3/c20-16(19-5-1-2-6-19)15-11-18(7-8-21-15)10-13-9-14(22-17-13)12-3-4-12/h9,12,15H,1-8,10-11H2. The van der Waals surface area contributed by atoms with Crippen molar-refractivity contribution < 1.29 is 14.1 Å². The topological polar surface area (TPSA) is 58.8 Å². The average Bonchev–Trinajstić information content (AvgIpc) is 3.05. The van der Waals surface area contributed by atoms with Crippen molar-refractivity contribution in [2.75, 3.05) is 32.8 Å². The van der Waals surface area contributed by atoms with Crippen LogP contribution in [0.4, 0.5) is 0 Å². The Morgan fingerprint density at radius 3 is 2.86 bits per heavy atom. The minimum absolute atomic E-state index is 0.154. The molecule has 6 heteroatoms. The van der Waals surface area contributed by atoms with Gasteiger partial charge in [0.2, 0.25) is 0 Å². The molecule has 1 aromatic heterocycles. The largest absolute Gasteiger partial charge is 0.366 e. The summed E-state index contributed by atoms with van der Waals surface area (Å²) in [6.07, 6.45) is 4.36. The molecule has 0 N–H and O–H groups in total. The van der Waals surface area contributed by atoms with E-state index in [9.17, 15) is 4.79 Å². The number of likely N-dealkylation sites (tertiary alicyclic amines) is 1. The van der Waals surface area contributed by atoms with E-state index in [1.165, 1.54) is 12.8 Å². The maximum absolute atomic E-state index is 12.4. The van der Waals surface area contributed by atoms with Gasteiger partial charge in [-0.3, -0.25) is 9.69 Å². The summed E-state index contributed by atoms with van der Waals surface area (Å²) in [4.78, 5) is 16.6. The highest BCUT2D eigenvalue weighted by Crippen LogP contribution is 2.40. The molecule has 3 fully saturated rings. The second kappa shape index (κ2) is 6.01. The predicted molar refractivity (Wildman–Crippen MR) is 79.3 cm³/mol. The van der Waals surface area contributed by atoms with E-state index in [0.717, 1.165) is 50.5 Å². The van der Waals surface area contributed by atoms with Gasteiger partial charge in [-0.15, -0.1) is 0 Å². The van der Waals surface area contributed by atoms with Crippen LogP contribution in [0.15, 0.2) is 10.6 Å². The molecular weight excluding hydrogens is 282 g/mol. The summed E-state index contributed by atoms with van der Waals surface area (Å²) in [7, 11) is 0. The van der Waals surface area contributed by atoms with Gasteiger partial charge in [0.15, 0.2) is 0 Å². The number of carbonyl (C=O) groups excluding carboxylic acids is 1. The number of amides is 1. The van der Waals surface area contributed by atoms with Crippen molar-refractivity contribution in [1.29, 1.82) is 0 Å². The lowest BCUT2D eigenvalue weighted by molar-refractivity contribution is -0.148. The van der Waals surface area contributed by atoms with E-state index >= 15 is 0 Å². The van der Waals surface area contributed by atoms with Crippen LogP contribution in [-0.2, 0) is 16.1 Å². The lowest BCUT2D eigenvalue weighted by atomic mass is 10.2. The maximum Gasteiger partial charge on any atom is 0.253 e. The van der Waals surface area contributed by atoms with E-state index in [-0.39, 0.29) is 12.0 Å². The third kappa shape index (κ3) is 3.03. The van der Waals surface area contributed by atoms with Crippen molar-refractivity contribution in [2.24, 2.45) is 0 Å². The van der Waals surface area contributed by atoms with Crippen LogP contribution >= 0.6 is 0 Å². The Hall–Kier alpha value is -1.40. The number of carbonyl (C=O) groups is 1. The van der Waals surface area contributed by atoms with E-state index in [2.05, 4.69) is 16.1 Å². The first-order valence-corrected chi connectivity index (χ1v) is 8.38. The van der Waals surface area contributed by atoms with Gasteiger partial charge in [0.25, 0.3) is 5.91 Å². The highest BCUT2D eigenvalue weighted by molar-refractivity contribution is 5.81. The molecule has 1 aliphatic carbocycles. The van der Waals surface area contributed by atoms with E-state index < -0.39 is 0 Å². The third-order valence-corrected chi connectivity index (χ3v) is 4.79. The first kappa shape index (κ1) is 14.2. The van der Waals surface area contributed by atoms with Gasteiger partial charge in [-0.1, -0.05) is 5.16 Å². The molecule has 1 saturated carbocycles. The Labute approximate surface area is 130 Å². The normalized spacial score (nSPS) is 26.5. The minimum Gasteiger partial charge on any atom is -0.366 e. The molecule has 0 radical (unpaired) electrons. The molecule has 6 nitrogen and oxygen atoms in total. The summed E-state index contributed by atoms with van der Waals surface area (Å²) >= 11 is 0. The number of nitrogens with zero attached hydrogens (tertiary/aromatic N) is 3. The molecule has 2 aliphatic heterocycles. The van der Waals surface area contributed by atoms with Crippen LogP contribution in [0, 0.1) is 0 Å². The van der Waals surface area contributed by atoms with Crippen molar-refractivity contribution in [1.82, 2.24) is 15.0 Å². The van der Waals surface area contributed by atoms with Crippen LogP contribution in [0.5, 0.6) is 0 Å². The van der Waals surface area contributed by atoms with Crippen molar-refractivity contribution in [2.45, 2.75) is 44.2 Å². The summed E-state index contributed by atoms with van der Waals surface area (Å²) in [5.41, 5.74) is 0.969. The number of aromatic nitrogens is 1. The van der Waals surface area contributed by atoms with Gasteiger partial charge in [0.05, 0.1) is 12.3 Å². The fourth-order valence-electron chi connectivity index (χ4n) is 3.33. The molecule has 0 spiro atoms. The summed E-state index contributed by atoms with van der Waals surface area (Å²) in [5.74, 6) is 1.77. The zero-order valence-corrected chi connectivity index (χ0v) is 12.9. The van der Waals surface area contributed by atoms with Gasteiger partial charge in [-0.05, 0) is 25.7 Å². The smallest absolute Gasteiger partial charge is 0.253 e. The molecule has 0 bridgehead atoms. The number of hydrogen-bond acceptors (Lipinski definition) is 5. The van der Waals surface area contributed by atoms with Gasteiger partial charge >= 0.3 is 0 Å². The quantitative estimate of drug-likeness (QED) is 0.841. The molecule has 0 aromatic carbocycles. The Kier molecular flexibility index (Phi) is 3.88. The number of hydrogen-bond donors (Lipinski definition) is 0. The molecule has 1 unspecified atom stereocenters. The minimum atomic E-state index is -0.318. The van der Waals surface area contributed by atoms with Crippen LogP contribution in [0.3, 0.4) is 0 Å². The highest BCUT2D eigenvalue weighted by atomic mass is 16.5. The van der Waals surface area contributed by atoms with Crippen molar-refractivity contribution >= 4 is 5.91 Å². The fraction of sp³-hybridized carbons (Fsp3) is 0.750. The van der Waals surface area contributed by atoms with Crippen LogP contribution in [0.1, 0.15) is 43.1 Å². The maximum atomic E-state index is 12.4. The number of morpholine rings is 1. The number of ether oxygens (including phenoxy) is 1. The molecular formula is C16H23N3O3. The second-order valence-corrected chi connectivity index (χ2v) is 6.62. The second-order valence-electron chi connectivity index (χ2n) is 6.62. The average molecular weight is 305 g/mol. The molecule has 1 amide bonds. The first-order chi connectivity index (χ1) is 10.8. The van der Waals surface area contributed by atoms with Crippen molar-refractivity contribution in [3.8, 4) is 0 Å². The molecule has 4 rings (SSSR count). The Bertz CT molecular complexity index is 534. The lowest BCUT2D eigenvalue weighted by Gasteiger charge is -2.33. The third-order valence-electron chi connectivity index (χ3n) is 4.79. The van der Waals surface area contributed by atoms with E-state index in [1.54, 1.807) is 0 Å². The molecule has 3 aliphatic rings. The SMILES string of the molecule is O=C(C1CN(Cc2cc(C3CC3)on2)CCO1)N1CCCC1. The monoisotopic (exact) mass is 305 g/mol. The summed E-state index contributed by atoms with van der Waals surface area (Å²) < 4.78 is 11.1. The highest BCUT2D eigenvalue weighted by Gasteiger charge is 2.32. The van der Waals surface area contributed by atoms with Crippen LogP contribution in [-0.4, -0.2) is 59.8 Å². The molecule has 3 heterocycles. The zero-order valence-electron chi connectivity index (χ0n) is 12.9. The molecule has 1 atom stereocenters. The van der Waals surface area contributed by atoms with Crippen LogP contribution < -0.4 is 0 Å². The van der Waals surface area contributed by atoms with Gasteiger partial charge in [0, 0.05) is 44.7 Å². The molecule has 120 valence electrons. The lowest BCUT2D eigenvalue weighted by Crippen LogP contribution is -2.50. The van der Waals surface area contributed by atoms with Crippen molar-refractivity contribution in [3.05, 3.63) is 17.5 Å². The Balaban J connectivity index is 1.34. The van der Waals surface area contributed by atoms with E-state index in [1.807, 2.05) is 4.90 Å². The Morgan fingerprint density at radius 2 is 2.09 bits per heavy atom. The molecule has 22 heavy (non-hydrogen) atoms. The van der Waals surface area contributed by atoms with Crippen molar-refractivity contribution in [3.63, 3.8) is 0 Å². The fourth-order valence-corrected chi connectivity index (χ4v) is 3.33. The van der Waals surface area contributed by atoms with E-state index in [0.29, 0.717) is 19.1 Å². The van der Waals surface area contributed by atoms with Gasteiger partial charge in [0.1, 0.15) is 11.9 Å². The molecule has 2 saturated heterocycles. The first-order valence-electron chi connectivity index (χ1n) is 8.38. The van der Waals surface area contributed by atoms with Crippen LogP contribution in [0.2, 0.25) is 0 Å². The van der Waals surface area contributed by atoms with Gasteiger partial charge < -0.3 is 14.2 Å². The summed E-state index contributed by atoms with van der Waals surface area (Å²) in [6.45, 7) is 4.61.